The third-order valence-corrected chi connectivity index (χ3v) is 3.63. The van der Waals surface area contributed by atoms with E-state index in [1.54, 1.807) is 21.1 Å². The van der Waals surface area contributed by atoms with Gasteiger partial charge in [0, 0.05) is 41.3 Å². The van der Waals surface area contributed by atoms with Crippen LogP contribution < -0.4 is 10.1 Å². The number of hydrogen-bond acceptors (Lipinski definition) is 3. The molecule has 1 aromatic carbocycles. The van der Waals surface area contributed by atoms with Crippen LogP contribution in [0, 0.1) is 0 Å². The molecule has 0 bridgehead atoms. The minimum atomic E-state index is -0.0588. The van der Waals surface area contributed by atoms with E-state index in [-0.39, 0.29) is 36.5 Å². The highest BCUT2D eigenvalue weighted by molar-refractivity contribution is 14.0. The van der Waals surface area contributed by atoms with Gasteiger partial charge in [-0.2, -0.15) is 0 Å². The average molecular weight is 462 g/mol. The van der Waals surface area contributed by atoms with Crippen LogP contribution >= 0.6 is 24.0 Å². The maximum atomic E-state index is 11.6. The van der Waals surface area contributed by atoms with Crippen molar-refractivity contribution in [2.24, 2.45) is 4.99 Å². The highest BCUT2D eigenvalue weighted by atomic mass is 127. The van der Waals surface area contributed by atoms with E-state index < -0.39 is 0 Å². The monoisotopic (exact) mass is 462 g/mol. The first-order valence-corrected chi connectivity index (χ1v) is 8.31. The summed E-state index contributed by atoms with van der Waals surface area (Å²) in [6, 6.07) is 7.74. The van der Waals surface area contributed by atoms with Gasteiger partial charge in [-0.25, -0.2) is 0 Å². The molecule has 1 amide bonds. The van der Waals surface area contributed by atoms with Gasteiger partial charge in [0.2, 0.25) is 0 Å². The summed E-state index contributed by atoms with van der Waals surface area (Å²) in [6.45, 7) is 3.86. The molecule has 0 aromatic heterocycles. The van der Waals surface area contributed by atoms with Gasteiger partial charge in [0.05, 0.1) is 0 Å². The number of guanidine groups is 1. The van der Waals surface area contributed by atoms with E-state index in [1.807, 2.05) is 31.3 Å². The molecule has 25 heavy (non-hydrogen) atoms. The summed E-state index contributed by atoms with van der Waals surface area (Å²) in [4.78, 5) is 19.5. The van der Waals surface area contributed by atoms with E-state index in [0.717, 1.165) is 30.9 Å². The normalized spacial score (nSPS) is 10.7. The smallest absolute Gasteiger partial charge is 0.259 e. The van der Waals surface area contributed by atoms with E-state index in [9.17, 15) is 4.79 Å². The molecule has 6 nitrogen and oxygen atoms in total. The van der Waals surface area contributed by atoms with E-state index in [2.05, 4.69) is 22.1 Å². The summed E-state index contributed by atoms with van der Waals surface area (Å²) in [7, 11) is 7.26. The van der Waals surface area contributed by atoms with Gasteiger partial charge in [-0.05, 0) is 24.1 Å². The Balaban J connectivity index is 0.00000576. The lowest BCUT2D eigenvalue weighted by atomic mass is 10.2. The van der Waals surface area contributed by atoms with Gasteiger partial charge in [-0.15, -0.1) is 24.0 Å². The molecule has 0 fully saturated rings. The molecule has 0 atom stereocenters. The summed E-state index contributed by atoms with van der Waals surface area (Å²) in [6.07, 6.45) is 2.30. The minimum absolute atomic E-state index is 0. The summed E-state index contributed by atoms with van der Waals surface area (Å²) >= 11 is 0. The molecule has 0 heterocycles. The van der Waals surface area contributed by atoms with E-state index in [0.29, 0.717) is 12.3 Å². The number of carbonyl (C=O) groups excluding carboxylic acids is 1. The number of unbranched alkanes of at least 4 members (excludes halogenated alkanes) is 1. The first-order chi connectivity index (χ1) is 11.5. The Morgan fingerprint density at radius 1 is 1.28 bits per heavy atom. The van der Waals surface area contributed by atoms with E-state index in [4.69, 9.17) is 4.74 Å². The van der Waals surface area contributed by atoms with Crippen LogP contribution in [-0.2, 0) is 11.3 Å². The molecule has 0 aliphatic heterocycles. The van der Waals surface area contributed by atoms with Crippen molar-refractivity contribution in [2.45, 2.75) is 26.3 Å². The Morgan fingerprint density at radius 2 is 2.00 bits per heavy atom. The zero-order valence-electron chi connectivity index (χ0n) is 15.9. The largest absolute Gasteiger partial charge is 0.484 e. The molecule has 7 heteroatoms. The predicted molar refractivity (Wildman–Crippen MR) is 114 cm³/mol. The van der Waals surface area contributed by atoms with Gasteiger partial charge in [0.15, 0.2) is 12.6 Å². The molecular formula is C18H31IN4O2. The highest BCUT2D eigenvalue weighted by Gasteiger charge is 2.07. The molecule has 0 unspecified atom stereocenters. The Hall–Kier alpha value is -1.51. The SMILES string of the molecule is CCCCN(C)C(=NC)NCc1cccc(OCC(=O)N(C)C)c1.I. The summed E-state index contributed by atoms with van der Waals surface area (Å²) in [5.41, 5.74) is 1.08. The van der Waals surface area contributed by atoms with Crippen LogP contribution in [0.2, 0.25) is 0 Å². The van der Waals surface area contributed by atoms with Crippen LogP contribution in [0.15, 0.2) is 29.3 Å². The predicted octanol–water partition coefficient (Wildman–Crippen LogP) is 2.58. The zero-order valence-corrected chi connectivity index (χ0v) is 18.2. The topological polar surface area (TPSA) is 57.2 Å². The molecule has 142 valence electrons. The Labute approximate surface area is 168 Å². The van der Waals surface area contributed by atoms with Crippen LogP contribution in [0.3, 0.4) is 0 Å². The molecule has 1 aromatic rings. The summed E-state index contributed by atoms with van der Waals surface area (Å²) in [5.74, 6) is 1.51. The third-order valence-electron chi connectivity index (χ3n) is 3.63. The van der Waals surface area contributed by atoms with Gasteiger partial charge in [0.25, 0.3) is 5.91 Å². The maximum absolute atomic E-state index is 11.6. The van der Waals surface area contributed by atoms with Crippen molar-refractivity contribution >= 4 is 35.8 Å². The van der Waals surface area contributed by atoms with Crippen molar-refractivity contribution in [1.82, 2.24) is 15.1 Å². The maximum Gasteiger partial charge on any atom is 0.259 e. The molecule has 1 N–H and O–H groups in total. The molecule has 0 saturated heterocycles. The fourth-order valence-corrected chi connectivity index (χ4v) is 2.09. The van der Waals surface area contributed by atoms with Gasteiger partial charge >= 0.3 is 0 Å². The second kappa shape index (κ2) is 12.8. The first kappa shape index (κ1) is 23.5. The van der Waals surface area contributed by atoms with Gasteiger partial charge < -0.3 is 19.9 Å². The number of halogens is 1. The fraction of sp³-hybridized carbons (Fsp3) is 0.556. The van der Waals surface area contributed by atoms with Crippen LogP contribution in [0.4, 0.5) is 0 Å². The van der Waals surface area contributed by atoms with Gasteiger partial charge in [0.1, 0.15) is 5.75 Å². The molecule has 0 aliphatic rings. The van der Waals surface area contributed by atoms with Crippen molar-refractivity contribution in [1.29, 1.82) is 0 Å². The number of hydrogen-bond donors (Lipinski definition) is 1. The Bertz CT molecular complexity index is 550. The molecule has 0 aliphatic carbocycles. The lowest BCUT2D eigenvalue weighted by molar-refractivity contribution is -0.130. The van der Waals surface area contributed by atoms with Crippen molar-refractivity contribution in [3.8, 4) is 5.75 Å². The van der Waals surface area contributed by atoms with Gasteiger partial charge in [-0.3, -0.25) is 9.79 Å². The number of nitrogens with one attached hydrogen (secondary N) is 1. The van der Waals surface area contributed by atoms with Crippen LogP contribution in [-0.4, -0.2) is 63.0 Å². The number of rotatable bonds is 8. The van der Waals surface area contributed by atoms with E-state index in [1.165, 1.54) is 4.90 Å². The number of likely N-dealkylation sites (N-methyl/N-ethyl adjacent to an activating group) is 1. The van der Waals surface area contributed by atoms with E-state index >= 15 is 0 Å². The third kappa shape index (κ3) is 8.94. The summed E-state index contributed by atoms with van der Waals surface area (Å²) in [5, 5.41) is 3.35. The molecular weight excluding hydrogens is 431 g/mol. The quantitative estimate of drug-likeness (QED) is 0.367. The fourth-order valence-electron chi connectivity index (χ4n) is 2.09. The Kier molecular flexibility index (Phi) is 12.0. The molecule has 0 saturated carbocycles. The second-order valence-corrected chi connectivity index (χ2v) is 5.90. The second-order valence-electron chi connectivity index (χ2n) is 5.90. The molecule has 0 radical (unpaired) electrons. The van der Waals surface area contributed by atoms with Crippen molar-refractivity contribution in [2.75, 3.05) is 41.3 Å². The zero-order chi connectivity index (χ0) is 17.9. The molecule has 0 spiro atoms. The standard InChI is InChI=1S/C18H30N4O2.HI/c1-6-7-11-22(5)18(19-2)20-13-15-9-8-10-16(12-15)24-14-17(23)21(3)4;/h8-10,12H,6-7,11,13-14H2,1-5H3,(H,19,20);1H. The van der Waals surface area contributed by atoms with Crippen molar-refractivity contribution in [3.05, 3.63) is 29.8 Å². The Morgan fingerprint density at radius 3 is 2.60 bits per heavy atom. The highest BCUT2D eigenvalue weighted by Crippen LogP contribution is 2.13. The first-order valence-electron chi connectivity index (χ1n) is 8.31. The lowest BCUT2D eigenvalue weighted by Gasteiger charge is -2.22. The number of nitrogens with zero attached hydrogens (tertiary/aromatic N) is 3. The lowest BCUT2D eigenvalue weighted by Crippen LogP contribution is -2.38. The molecule has 1 rings (SSSR count). The number of aliphatic imine (C=N–C) groups is 1. The van der Waals surface area contributed by atoms with Gasteiger partial charge in [-0.1, -0.05) is 25.5 Å². The number of carbonyl (C=O) groups is 1. The van der Waals surface area contributed by atoms with Crippen LogP contribution in [0.25, 0.3) is 0 Å². The number of ether oxygens (including phenoxy) is 1. The van der Waals surface area contributed by atoms with Crippen molar-refractivity contribution in [3.63, 3.8) is 0 Å². The summed E-state index contributed by atoms with van der Waals surface area (Å²) < 4.78 is 5.54. The van der Waals surface area contributed by atoms with Crippen LogP contribution in [0.1, 0.15) is 25.3 Å². The average Bonchev–Trinajstić information content (AvgIpc) is 2.58. The number of benzene rings is 1. The van der Waals surface area contributed by atoms with Crippen LogP contribution in [0.5, 0.6) is 5.75 Å². The number of amides is 1. The minimum Gasteiger partial charge on any atom is -0.484 e. The van der Waals surface area contributed by atoms with Crippen molar-refractivity contribution < 1.29 is 9.53 Å².